The Labute approximate surface area is 57.4 Å². The molecule has 5 N–H and O–H groups in total. The van der Waals surface area contributed by atoms with Crippen molar-refractivity contribution < 1.29 is 15.0 Å². The molecule has 0 saturated carbocycles. The number of carboxylic acid groups (broad SMARTS) is 2. The second-order valence-corrected chi connectivity index (χ2v) is 1.48. The van der Waals surface area contributed by atoms with Gasteiger partial charge in [-0.1, -0.05) is 0 Å². The van der Waals surface area contributed by atoms with Crippen LogP contribution in [0.3, 0.4) is 0 Å². The lowest BCUT2D eigenvalue weighted by molar-refractivity contribution is 0.137. The van der Waals surface area contributed by atoms with Crippen LogP contribution >= 0.6 is 0 Å². The molecule has 0 atom stereocenters. The zero-order chi connectivity index (χ0) is 7.98. The highest BCUT2D eigenvalue weighted by atomic mass is 16.6. The van der Waals surface area contributed by atoms with Gasteiger partial charge in [0, 0.05) is 6.54 Å². The minimum atomic E-state index is -1.83. The first kappa shape index (κ1) is 8.54. The molecule has 0 spiro atoms. The normalized spacial score (nSPS) is 14.2. The fraction of sp³-hybridized carbons (Fsp3) is 0.500. The highest BCUT2D eigenvalue weighted by Gasteiger charge is 1.94. The van der Waals surface area contributed by atoms with Crippen LogP contribution < -0.4 is 11.1 Å². The molecule has 6 nitrogen and oxygen atoms in total. The van der Waals surface area contributed by atoms with E-state index in [0.717, 1.165) is 13.1 Å². The first-order valence-electron chi connectivity index (χ1n) is 2.58. The van der Waals surface area contributed by atoms with Gasteiger partial charge in [0.05, 0.1) is 6.54 Å². The highest BCUT2D eigenvalue weighted by molar-refractivity contribution is 5.79. The van der Waals surface area contributed by atoms with E-state index in [2.05, 4.69) is 10.3 Å². The molecular formula is C4H9N3O3. The van der Waals surface area contributed by atoms with E-state index in [9.17, 15) is 0 Å². The van der Waals surface area contributed by atoms with E-state index in [1.165, 1.54) is 0 Å². The van der Waals surface area contributed by atoms with Crippen molar-refractivity contribution in [3.8, 4) is 0 Å². The smallest absolute Gasteiger partial charge is 0.450 e. The monoisotopic (exact) mass is 147 g/mol. The maximum Gasteiger partial charge on any atom is 0.503 e. The lowest BCUT2D eigenvalue weighted by Gasteiger charge is -1.85. The van der Waals surface area contributed by atoms with Crippen LogP contribution in [-0.4, -0.2) is 35.4 Å². The maximum absolute atomic E-state index is 8.56. The van der Waals surface area contributed by atoms with Crippen molar-refractivity contribution in [2.75, 3.05) is 13.1 Å². The van der Waals surface area contributed by atoms with E-state index >= 15 is 0 Å². The molecule has 0 aromatic heterocycles. The van der Waals surface area contributed by atoms with Crippen LogP contribution in [0.15, 0.2) is 4.99 Å². The van der Waals surface area contributed by atoms with Gasteiger partial charge in [-0.2, -0.15) is 0 Å². The fourth-order valence-electron chi connectivity index (χ4n) is 0.416. The molecule has 0 aromatic carbocycles. The number of guanidine groups is 1. The Morgan fingerprint density at radius 3 is 2.30 bits per heavy atom. The molecule has 1 aliphatic rings. The first-order chi connectivity index (χ1) is 4.63. The molecule has 1 rings (SSSR count). The molecule has 0 aromatic rings. The molecule has 0 unspecified atom stereocenters. The number of hydrogen-bond donors (Lipinski definition) is 4. The van der Waals surface area contributed by atoms with Gasteiger partial charge in [0.1, 0.15) is 0 Å². The van der Waals surface area contributed by atoms with Crippen molar-refractivity contribution in [2.24, 2.45) is 10.7 Å². The molecule has 0 bridgehead atoms. The lowest BCUT2D eigenvalue weighted by atomic mass is 10.7. The molecule has 0 saturated heterocycles. The van der Waals surface area contributed by atoms with Crippen molar-refractivity contribution in [3.05, 3.63) is 0 Å². The standard InChI is InChI=1S/C3H7N3.CH2O3/c4-3-5-1-2-6-3;2-1(3)4/h1-2H2,(H3,4,5,6);(H2,2,3,4). The van der Waals surface area contributed by atoms with Crippen molar-refractivity contribution in [2.45, 2.75) is 0 Å². The van der Waals surface area contributed by atoms with Gasteiger partial charge in [0.25, 0.3) is 0 Å². The number of nitrogens with zero attached hydrogens (tertiary/aromatic N) is 1. The molecule has 0 aliphatic carbocycles. The summed E-state index contributed by atoms with van der Waals surface area (Å²) in [6.07, 6.45) is -1.83. The van der Waals surface area contributed by atoms with Crippen LogP contribution in [0, 0.1) is 0 Å². The van der Waals surface area contributed by atoms with Crippen LogP contribution in [0.4, 0.5) is 4.79 Å². The van der Waals surface area contributed by atoms with Crippen LogP contribution in [0.2, 0.25) is 0 Å². The second kappa shape index (κ2) is 4.42. The van der Waals surface area contributed by atoms with E-state index in [-0.39, 0.29) is 0 Å². The summed E-state index contributed by atoms with van der Waals surface area (Å²) in [6, 6.07) is 0. The summed E-state index contributed by atoms with van der Waals surface area (Å²) in [7, 11) is 0. The minimum Gasteiger partial charge on any atom is -0.450 e. The Bertz CT molecular complexity index is 141. The average Bonchev–Trinajstić information content (AvgIpc) is 2.15. The summed E-state index contributed by atoms with van der Waals surface area (Å²) in [5, 5.41) is 16.8. The Kier molecular flexibility index (Phi) is 3.78. The Hall–Kier alpha value is -1.46. The van der Waals surface area contributed by atoms with Crippen LogP contribution in [0.25, 0.3) is 0 Å². The van der Waals surface area contributed by atoms with Crippen molar-refractivity contribution in [3.63, 3.8) is 0 Å². The molecule has 10 heavy (non-hydrogen) atoms. The Morgan fingerprint density at radius 1 is 1.70 bits per heavy atom. The fourth-order valence-corrected chi connectivity index (χ4v) is 0.416. The van der Waals surface area contributed by atoms with Gasteiger partial charge >= 0.3 is 6.16 Å². The zero-order valence-electron chi connectivity index (χ0n) is 5.24. The lowest BCUT2D eigenvalue weighted by Crippen LogP contribution is -2.26. The van der Waals surface area contributed by atoms with Crippen molar-refractivity contribution in [1.29, 1.82) is 0 Å². The summed E-state index contributed by atoms with van der Waals surface area (Å²) in [5.41, 5.74) is 5.17. The molecule has 6 heteroatoms. The van der Waals surface area contributed by atoms with E-state index in [1.54, 1.807) is 0 Å². The van der Waals surface area contributed by atoms with Crippen LogP contribution in [0.5, 0.6) is 0 Å². The van der Waals surface area contributed by atoms with Gasteiger partial charge in [-0.05, 0) is 0 Å². The summed E-state index contributed by atoms with van der Waals surface area (Å²) in [6.45, 7) is 1.75. The van der Waals surface area contributed by atoms with Crippen molar-refractivity contribution in [1.82, 2.24) is 5.32 Å². The Morgan fingerprint density at radius 2 is 2.20 bits per heavy atom. The second-order valence-electron chi connectivity index (χ2n) is 1.48. The Balaban J connectivity index is 0.000000180. The summed E-state index contributed by atoms with van der Waals surface area (Å²) in [5.74, 6) is 0.579. The molecule has 1 aliphatic heterocycles. The van der Waals surface area contributed by atoms with Gasteiger partial charge in [-0.25, -0.2) is 4.79 Å². The van der Waals surface area contributed by atoms with Gasteiger partial charge in [-0.3, -0.25) is 4.99 Å². The number of carbonyl (C=O) groups is 1. The first-order valence-corrected chi connectivity index (χ1v) is 2.58. The number of nitrogens with two attached hydrogens (primary N) is 1. The third-order valence-corrected chi connectivity index (χ3v) is 0.700. The molecule has 58 valence electrons. The van der Waals surface area contributed by atoms with Gasteiger partial charge < -0.3 is 21.3 Å². The summed E-state index contributed by atoms with van der Waals surface area (Å²) in [4.78, 5) is 12.4. The predicted octanol–water partition coefficient (Wildman–Crippen LogP) is -0.873. The third-order valence-electron chi connectivity index (χ3n) is 0.700. The van der Waals surface area contributed by atoms with E-state index in [0.29, 0.717) is 5.96 Å². The molecule has 0 radical (unpaired) electrons. The highest BCUT2D eigenvalue weighted by Crippen LogP contribution is 1.74. The van der Waals surface area contributed by atoms with E-state index < -0.39 is 6.16 Å². The summed E-state index contributed by atoms with van der Waals surface area (Å²) < 4.78 is 0. The van der Waals surface area contributed by atoms with Gasteiger partial charge in [0.2, 0.25) is 0 Å². The average molecular weight is 147 g/mol. The molecule has 0 fully saturated rings. The number of rotatable bonds is 0. The molecule has 1 heterocycles. The predicted molar refractivity (Wildman–Crippen MR) is 35.1 cm³/mol. The minimum absolute atomic E-state index is 0.579. The van der Waals surface area contributed by atoms with Gasteiger partial charge in [0.15, 0.2) is 5.96 Å². The SMILES string of the molecule is NC1=NCCN1.O=C(O)O. The van der Waals surface area contributed by atoms with E-state index in [4.69, 9.17) is 20.7 Å². The zero-order valence-corrected chi connectivity index (χ0v) is 5.24. The van der Waals surface area contributed by atoms with Crippen molar-refractivity contribution >= 4 is 12.1 Å². The quantitative estimate of drug-likeness (QED) is 0.356. The van der Waals surface area contributed by atoms with Crippen LogP contribution in [0.1, 0.15) is 0 Å². The van der Waals surface area contributed by atoms with Crippen LogP contribution in [-0.2, 0) is 0 Å². The molecule has 0 amide bonds. The molecular weight excluding hydrogens is 138 g/mol. The summed E-state index contributed by atoms with van der Waals surface area (Å²) >= 11 is 0. The van der Waals surface area contributed by atoms with Gasteiger partial charge in [-0.15, -0.1) is 0 Å². The largest absolute Gasteiger partial charge is 0.503 e. The van der Waals surface area contributed by atoms with E-state index in [1.807, 2.05) is 0 Å². The number of aliphatic imine (C=N–C) groups is 1. The number of nitrogens with one attached hydrogen (secondary N) is 1. The number of hydrogen-bond acceptors (Lipinski definition) is 4. The maximum atomic E-state index is 8.56. The third kappa shape index (κ3) is 6.54. The topological polar surface area (TPSA) is 108 Å².